The van der Waals surface area contributed by atoms with Crippen molar-refractivity contribution in [2.45, 2.75) is 24.9 Å². The summed E-state index contributed by atoms with van der Waals surface area (Å²) in [5.74, 6) is -0.193. The van der Waals surface area contributed by atoms with Crippen LogP contribution < -0.4 is 5.73 Å². The minimum atomic E-state index is -0.193. The van der Waals surface area contributed by atoms with Crippen molar-refractivity contribution in [2.75, 3.05) is 13.1 Å². The molecule has 2 unspecified atom stereocenters. The van der Waals surface area contributed by atoms with Crippen molar-refractivity contribution in [1.82, 2.24) is 4.90 Å². The first-order chi connectivity index (χ1) is 10.3. The molecule has 1 heterocycles. The highest BCUT2D eigenvalue weighted by Crippen LogP contribution is 2.38. The molecule has 3 heteroatoms. The third-order valence-corrected chi connectivity index (χ3v) is 4.34. The maximum Gasteiger partial charge on any atom is 0.123 e. The van der Waals surface area contributed by atoms with Gasteiger partial charge in [-0.25, -0.2) is 4.39 Å². The van der Waals surface area contributed by atoms with Gasteiger partial charge in [-0.3, -0.25) is 4.90 Å². The molecule has 0 saturated carbocycles. The quantitative estimate of drug-likeness (QED) is 0.928. The van der Waals surface area contributed by atoms with Crippen LogP contribution in [0.1, 0.15) is 36.1 Å². The SMILES string of the molecule is NCC(c1cccc(F)c1)N1CCCC1c1ccccc1. The summed E-state index contributed by atoms with van der Waals surface area (Å²) in [6, 6.07) is 17.8. The van der Waals surface area contributed by atoms with E-state index in [4.69, 9.17) is 5.73 Å². The largest absolute Gasteiger partial charge is 0.329 e. The van der Waals surface area contributed by atoms with Gasteiger partial charge in [0.1, 0.15) is 5.82 Å². The fourth-order valence-corrected chi connectivity index (χ4v) is 3.37. The summed E-state index contributed by atoms with van der Waals surface area (Å²) in [7, 11) is 0. The fraction of sp³-hybridized carbons (Fsp3) is 0.333. The van der Waals surface area contributed by atoms with Crippen molar-refractivity contribution in [3.05, 3.63) is 71.5 Å². The van der Waals surface area contributed by atoms with Crippen LogP contribution in [0.25, 0.3) is 0 Å². The van der Waals surface area contributed by atoms with Gasteiger partial charge in [0.15, 0.2) is 0 Å². The van der Waals surface area contributed by atoms with Crippen LogP contribution in [-0.2, 0) is 0 Å². The predicted molar refractivity (Wildman–Crippen MR) is 83.3 cm³/mol. The molecule has 110 valence electrons. The second kappa shape index (κ2) is 6.37. The number of hydrogen-bond donors (Lipinski definition) is 1. The Hall–Kier alpha value is -1.71. The van der Waals surface area contributed by atoms with Crippen LogP contribution in [0, 0.1) is 5.82 Å². The zero-order valence-electron chi connectivity index (χ0n) is 12.1. The summed E-state index contributed by atoms with van der Waals surface area (Å²) in [5.41, 5.74) is 8.31. The van der Waals surface area contributed by atoms with E-state index in [1.807, 2.05) is 12.1 Å². The molecule has 2 N–H and O–H groups in total. The molecule has 0 aliphatic carbocycles. The number of hydrogen-bond acceptors (Lipinski definition) is 2. The minimum absolute atomic E-state index is 0.0772. The maximum atomic E-state index is 13.5. The van der Waals surface area contributed by atoms with Crippen molar-refractivity contribution < 1.29 is 4.39 Å². The molecule has 0 amide bonds. The standard InChI is InChI=1S/C18H21FN2/c19-16-9-4-8-15(12-16)18(13-20)21-11-5-10-17(21)14-6-2-1-3-7-14/h1-4,6-9,12,17-18H,5,10-11,13,20H2. The molecule has 0 aromatic heterocycles. The highest BCUT2D eigenvalue weighted by molar-refractivity contribution is 5.24. The van der Waals surface area contributed by atoms with E-state index >= 15 is 0 Å². The van der Waals surface area contributed by atoms with Gasteiger partial charge < -0.3 is 5.73 Å². The molecule has 1 saturated heterocycles. The van der Waals surface area contributed by atoms with E-state index < -0.39 is 0 Å². The van der Waals surface area contributed by atoms with E-state index in [0.717, 1.165) is 24.9 Å². The zero-order chi connectivity index (χ0) is 14.7. The van der Waals surface area contributed by atoms with E-state index in [9.17, 15) is 4.39 Å². The van der Waals surface area contributed by atoms with Crippen LogP contribution in [0.4, 0.5) is 4.39 Å². The Morgan fingerprint density at radius 3 is 2.67 bits per heavy atom. The molecule has 2 nitrogen and oxygen atoms in total. The third kappa shape index (κ3) is 2.99. The molecule has 0 radical (unpaired) electrons. The molecule has 1 aliphatic heterocycles. The van der Waals surface area contributed by atoms with E-state index in [1.165, 1.54) is 11.6 Å². The number of nitrogens with two attached hydrogens (primary N) is 1. The number of benzene rings is 2. The molecule has 0 spiro atoms. The Kier molecular flexibility index (Phi) is 4.32. The Morgan fingerprint density at radius 1 is 1.14 bits per heavy atom. The lowest BCUT2D eigenvalue weighted by atomic mass is 10.00. The summed E-state index contributed by atoms with van der Waals surface area (Å²) >= 11 is 0. The average Bonchev–Trinajstić information content (AvgIpc) is 2.98. The Morgan fingerprint density at radius 2 is 1.95 bits per heavy atom. The number of rotatable bonds is 4. The third-order valence-electron chi connectivity index (χ3n) is 4.34. The van der Waals surface area contributed by atoms with Gasteiger partial charge in [-0.15, -0.1) is 0 Å². The topological polar surface area (TPSA) is 29.3 Å². The van der Waals surface area contributed by atoms with Crippen molar-refractivity contribution in [3.63, 3.8) is 0 Å². The van der Waals surface area contributed by atoms with Gasteiger partial charge in [-0.05, 0) is 42.6 Å². The second-order valence-corrected chi connectivity index (χ2v) is 5.61. The highest BCUT2D eigenvalue weighted by Gasteiger charge is 2.31. The fourth-order valence-electron chi connectivity index (χ4n) is 3.37. The second-order valence-electron chi connectivity index (χ2n) is 5.61. The summed E-state index contributed by atoms with van der Waals surface area (Å²) in [4.78, 5) is 2.42. The summed E-state index contributed by atoms with van der Waals surface area (Å²) in [5, 5.41) is 0. The van der Waals surface area contributed by atoms with Crippen LogP contribution in [0.15, 0.2) is 54.6 Å². The van der Waals surface area contributed by atoms with E-state index in [2.05, 4.69) is 29.2 Å². The van der Waals surface area contributed by atoms with Gasteiger partial charge in [0.25, 0.3) is 0 Å². The van der Waals surface area contributed by atoms with Crippen LogP contribution in [0.3, 0.4) is 0 Å². The molecule has 0 bridgehead atoms. The molecular weight excluding hydrogens is 263 g/mol. The van der Waals surface area contributed by atoms with Gasteiger partial charge in [0.05, 0.1) is 0 Å². The van der Waals surface area contributed by atoms with E-state index in [-0.39, 0.29) is 11.9 Å². The van der Waals surface area contributed by atoms with Crippen LogP contribution in [-0.4, -0.2) is 18.0 Å². The van der Waals surface area contributed by atoms with Gasteiger partial charge in [0, 0.05) is 18.6 Å². The zero-order valence-corrected chi connectivity index (χ0v) is 12.1. The van der Waals surface area contributed by atoms with Gasteiger partial charge in [-0.1, -0.05) is 42.5 Å². The van der Waals surface area contributed by atoms with Gasteiger partial charge >= 0.3 is 0 Å². The van der Waals surface area contributed by atoms with Crippen molar-refractivity contribution in [2.24, 2.45) is 5.73 Å². The monoisotopic (exact) mass is 284 g/mol. The lowest BCUT2D eigenvalue weighted by Crippen LogP contribution is -2.33. The molecule has 2 atom stereocenters. The smallest absolute Gasteiger partial charge is 0.123 e. The first-order valence-electron chi connectivity index (χ1n) is 7.56. The lowest BCUT2D eigenvalue weighted by molar-refractivity contribution is 0.185. The van der Waals surface area contributed by atoms with E-state index in [1.54, 1.807) is 12.1 Å². The normalized spacial score (nSPS) is 20.6. The van der Waals surface area contributed by atoms with Crippen LogP contribution in [0.2, 0.25) is 0 Å². The summed E-state index contributed by atoms with van der Waals surface area (Å²) in [6.45, 7) is 1.52. The van der Waals surface area contributed by atoms with Gasteiger partial charge in [-0.2, -0.15) is 0 Å². The maximum absolute atomic E-state index is 13.5. The van der Waals surface area contributed by atoms with Gasteiger partial charge in [0.2, 0.25) is 0 Å². The lowest BCUT2D eigenvalue weighted by Gasteiger charge is -2.33. The van der Waals surface area contributed by atoms with Crippen LogP contribution >= 0.6 is 0 Å². The number of halogens is 1. The molecule has 1 fully saturated rings. The molecule has 3 rings (SSSR count). The molecule has 2 aromatic carbocycles. The Labute approximate surface area is 125 Å². The number of nitrogens with zero attached hydrogens (tertiary/aromatic N) is 1. The van der Waals surface area contributed by atoms with Crippen molar-refractivity contribution in [3.8, 4) is 0 Å². The molecule has 1 aliphatic rings. The van der Waals surface area contributed by atoms with Crippen molar-refractivity contribution in [1.29, 1.82) is 0 Å². The first kappa shape index (κ1) is 14.2. The minimum Gasteiger partial charge on any atom is -0.329 e. The summed E-state index contributed by atoms with van der Waals surface area (Å²) < 4.78 is 13.5. The Bertz CT molecular complexity index is 585. The highest BCUT2D eigenvalue weighted by atomic mass is 19.1. The molecular formula is C18H21FN2. The summed E-state index contributed by atoms with van der Waals surface area (Å²) in [6.07, 6.45) is 2.29. The Balaban J connectivity index is 1.89. The predicted octanol–water partition coefficient (Wildman–Crippen LogP) is 3.66. The number of likely N-dealkylation sites (tertiary alicyclic amines) is 1. The van der Waals surface area contributed by atoms with Crippen LogP contribution in [0.5, 0.6) is 0 Å². The van der Waals surface area contributed by atoms with E-state index in [0.29, 0.717) is 12.6 Å². The average molecular weight is 284 g/mol. The molecule has 21 heavy (non-hydrogen) atoms. The molecule has 2 aromatic rings. The van der Waals surface area contributed by atoms with Crippen molar-refractivity contribution >= 4 is 0 Å². The first-order valence-corrected chi connectivity index (χ1v) is 7.56.